The van der Waals surface area contributed by atoms with Crippen molar-refractivity contribution in [1.82, 2.24) is 10.4 Å². The quantitative estimate of drug-likeness (QED) is 0.619. The van der Waals surface area contributed by atoms with Gasteiger partial charge in [0.2, 0.25) is 0 Å². The third-order valence-electron chi connectivity index (χ3n) is 2.51. The normalized spacial score (nSPS) is 12.4. The van der Waals surface area contributed by atoms with E-state index in [1.165, 1.54) is 7.05 Å². The number of amides is 2. The van der Waals surface area contributed by atoms with Crippen LogP contribution >= 0.6 is 0 Å². The van der Waals surface area contributed by atoms with Crippen molar-refractivity contribution in [3.63, 3.8) is 0 Å². The standard InChI is InChI=1S/C12H14N2O3/c1-8(13-12(15)14(2)16)11-7-9-5-3-4-6-10(9)17-11/h3-8,16H,1-2H3,(H,13,15). The van der Waals surface area contributed by atoms with E-state index in [1.54, 1.807) is 6.92 Å². The number of nitrogens with zero attached hydrogens (tertiary/aromatic N) is 1. The van der Waals surface area contributed by atoms with E-state index in [1.807, 2.05) is 30.3 Å². The predicted octanol–water partition coefficient (Wildman–Crippen LogP) is 2.52. The van der Waals surface area contributed by atoms with Gasteiger partial charge in [0.25, 0.3) is 0 Å². The van der Waals surface area contributed by atoms with Crippen molar-refractivity contribution in [2.75, 3.05) is 7.05 Å². The summed E-state index contributed by atoms with van der Waals surface area (Å²) in [5.74, 6) is 0.654. The van der Waals surface area contributed by atoms with Crippen molar-refractivity contribution in [3.05, 3.63) is 36.1 Å². The lowest BCUT2D eigenvalue weighted by Crippen LogP contribution is -2.36. The number of furan rings is 1. The van der Waals surface area contributed by atoms with E-state index in [2.05, 4.69) is 5.32 Å². The minimum Gasteiger partial charge on any atom is -0.459 e. The summed E-state index contributed by atoms with van der Waals surface area (Å²) in [5.41, 5.74) is 0.779. The van der Waals surface area contributed by atoms with Crippen molar-refractivity contribution in [3.8, 4) is 0 Å². The molecule has 5 nitrogen and oxygen atoms in total. The van der Waals surface area contributed by atoms with Crippen LogP contribution in [-0.4, -0.2) is 23.3 Å². The van der Waals surface area contributed by atoms with Crippen LogP contribution in [0.25, 0.3) is 11.0 Å². The molecular weight excluding hydrogens is 220 g/mol. The number of urea groups is 1. The van der Waals surface area contributed by atoms with Gasteiger partial charge in [0.15, 0.2) is 0 Å². The summed E-state index contributed by atoms with van der Waals surface area (Å²) in [6.45, 7) is 1.79. The van der Waals surface area contributed by atoms with E-state index in [0.717, 1.165) is 11.0 Å². The highest BCUT2D eigenvalue weighted by Crippen LogP contribution is 2.23. The molecule has 1 unspecified atom stereocenters. The zero-order chi connectivity index (χ0) is 12.4. The number of hydroxylamine groups is 2. The first-order chi connectivity index (χ1) is 8.08. The lowest BCUT2D eigenvalue weighted by atomic mass is 10.2. The fourth-order valence-electron chi connectivity index (χ4n) is 1.57. The van der Waals surface area contributed by atoms with Crippen LogP contribution in [0, 0.1) is 0 Å². The molecule has 2 rings (SSSR count). The Balaban J connectivity index is 2.19. The van der Waals surface area contributed by atoms with Gasteiger partial charge in [-0.25, -0.2) is 9.86 Å². The van der Waals surface area contributed by atoms with Gasteiger partial charge in [0, 0.05) is 12.4 Å². The van der Waals surface area contributed by atoms with Gasteiger partial charge in [0.1, 0.15) is 11.3 Å². The molecule has 0 aliphatic heterocycles. The maximum Gasteiger partial charge on any atom is 0.341 e. The van der Waals surface area contributed by atoms with Crippen LogP contribution < -0.4 is 5.32 Å². The summed E-state index contributed by atoms with van der Waals surface area (Å²) in [6.07, 6.45) is 0. The zero-order valence-electron chi connectivity index (χ0n) is 9.68. The Labute approximate surface area is 98.6 Å². The first-order valence-electron chi connectivity index (χ1n) is 5.29. The Hall–Kier alpha value is -2.01. The maximum absolute atomic E-state index is 11.3. The van der Waals surface area contributed by atoms with Gasteiger partial charge in [-0.1, -0.05) is 18.2 Å². The first-order valence-corrected chi connectivity index (χ1v) is 5.29. The molecule has 0 radical (unpaired) electrons. The van der Waals surface area contributed by atoms with Gasteiger partial charge in [-0.2, -0.15) is 0 Å². The zero-order valence-corrected chi connectivity index (χ0v) is 9.68. The second kappa shape index (κ2) is 4.47. The van der Waals surface area contributed by atoms with Crippen molar-refractivity contribution in [2.45, 2.75) is 13.0 Å². The average Bonchev–Trinajstić information content (AvgIpc) is 2.72. The van der Waals surface area contributed by atoms with Crippen molar-refractivity contribution >= 4 is 17.0 Å². The van der Waals surface area contributed by atoms with Crippen molar-refractivity contribution in [1.29, 1.82) is 0 Å². The van der Waals surface area contributed by atoms with Crippen LogP contribution in [0.2, 0.25) is 0 Å². The number of hydrogen-bond donors (Lipinski definition) is 2. The van der Waals surface area contributed by atoms with E-state index >= 15 is 0 Å². The largest absolute Gasteiger partial charge is 0.459 e. The first kappa shape index (κ1) is 11.5. The number of rotatable bonds is 2. The highest BCUT2D eigenvalue weighted by molar-refractivity contribution is 5.78. The Morgan fingerprint density at radius 2 is 2.18 bits per heavy atom. The minimum absolute atomic E-state index is 0.301. The topological polar surface area (TPSA) is 65.7 Å². The molecule has 1 aromatic heterocycles. The van der Waals surface area contributed by atoms with Crippen LogP contribution in [0.5, 0.6) is 0 Å². The lowest BCUT2D eigenvalue weighted by molar-refractivity contribution is -0.0194. The molecule has 2 N–H and O–H groups in total. The minimum atomic E-state index is -0.571. The summed E-state index contributed by atoms with van der Waals surface area (Å²) in [5, 5.41) is 13.0. The molecule has 0 saturated heterocycles. The molecule has 2 amide bonds. The summed E-state index contributed by atoms with van der Waals surface area (Å²) in [7, 11) is 1.26. The molecule has 0 saturated carbocycles. The summed E-state index contributed by atoms with van der Waals surface area (Å²) in [4.78, 5) is 11.3. The molecule has 2 aromatic rings. The summed E-state index contributed by atoms with van der Waals surface area (Å²) >= 11 is 0. The van der Waals surface area contributed by atoms with Crippen LogP contribution in [0.4, 0.5) is 4.79 Å². The third kappa shape index (κ3) is 2.39. The van der Waals surface area contributed by atoms with Gasteiger partial charge in [0.05, 0.1) is 6.04 Å². The number of carbonyl (C=O) groups excluding carboxylic acids is 1. The molecule has 90 valence electrons. The van der Waals surface area contributed by atoms with Crippen LogP contribution in [-0.2, 0) is 0 Å². The Morgan fingerprint density at radius 3 is 2.82 bits per heavy atom. The average molecular weight is 234 g/mol. The smallest absolute Gasteiger partial charge is 0.341 e. The van der Waals surface area contributed by atoms with Crippen molar-refractivity contribution in [2.24, 2.45) is 0 Å². The van der Waals surface area contributed by atoms with Crippen molar-refractivity contribution < 1.29 is 14.4 Å². The van der Waals surface area contributed by atoms with Gasteiger partial charge < -0.3 is 9.73 Å². The highest BCUT2D eigenvalue weighted by atomic mass is 16.5. The number of nitrogens with one attached hydrogen (secondary N) is 1. The fourth-order valence-corrected chi connectivity index (χ4v) is 1.57. The highest BCUT2D eigenvalue weighted by Gasteiger charge is 2.15. The number of benzene rings is 1. The van der Waals surface area contributed by atoms with Crippen LogP contribution in [0.3, 0.4) is 0 Å². The molecule has 1 atom stereocenters. The van der Waals surface area contributed by atoms with Gasteiger partial charge in [-0.05, 0) is 19.1 Å². The van der Waals surface area contributed by atoms with Crippen LogP contribution in [0.1, 0.15) is 18.7 Å². The molecule has 1 heterocycles. The molecule has 0 aliphatic carbocycles. The summed E-state index contributed by atoms with van der Waals surface area (Å²) in [6, 6.07) is 8.62. The fraction of sp³-hybridized carbons (Fsp3) is 0.250. The molecule has 1 aromatic carbocycles. The second-order valence-corrected chi connectivity index (χ2v) is 3.88. The SMILES string of the molecule is CC(NC(=O)N(C)O)c1cc2ccccc2o1. The van der Waals surface area contributed by atoms with Gasteiger partial charge in [-0.3, -0.25) is 5.21 Å². The summed E-state index contributed by atoms with van der Waals surface area (Å²) < 4.78 is 5.60. The van der Waals surface area contributed by atoms with E-state index in [0.29, 0.717) is 10.8 Å². The maximum atomic E-state index is 11.3. The Bertz CT molecular complexity index is 500. The molecule has 0 bridgehead atoms. The van der Waals surface area contributed by atoms with E-state index in [9.17, 15) is 4.79 Å². The number of para-hydroxylation sites is 1. The third-order valence-corrected chi connectivity index (χ3v) is 2.51. The van der Waals surface area contributed by atoms with E-state index in [4.69, 9.17) is 9.62 Å². The molecule has 0 spiro atoms. The monoisotopic (exact) mass is 234 g/mol. The van der Waals surface area contributed by atoms with Gasteiger partial charge >= 0.3 is 6.03 Å². The molecule has 0 aliphatic rings. The molecular formula is C12H14N2O3. The van der Waals surface area contributed by atoms with E-state index < -0.39 is 6.03 Å². The van der Waals surface area contributed by atoms with E-state index in [-0.39, 0.29) is 6.04 Å². The molecule has 0 fully saturated rings. The van der Waals surface area contributed by atoms with Crippen LogP contribution in [0.15, 0.2) is 34.7 Å². The number of fused-ring (bicyclic) bond motifs is 1. The molecule has 5 heteroatoms. The lowest BCUT2D eigenvalue weighted by Gasteiger charge is -2.14. The Kier molecular flexibility index (Phi) is 3.01. The predicted molar refractivity (Wildman–Crippen MR) is 62.7 cm³/mol. The Morgan fingerprint density at radius 1 is 1.47 bits per heavy atom. The number of hydrogen-bond acceptors (Lipinski definition) is 3. The number of carbonyl (C=O) groups is 1. The second-order valence-electron chi connectivity index (χ2n) is 3.88. The molecule has 17 heavy (non-hydrogen) atoms. The van der Waals surface area contributed by atoms with Gasteiger partial charge in [-0.15, -0.1) is 0 Å².